The van der Waals surface area contributed by atoms with Crippen molar-refractivity contribution in [3.8, 4) is 17.0 Å². The number of aromatic hydroxyl groups is 1. The van der Waals surface area contributed by atoms with Crippen molar-refractivity contribution in [2.75, 3.05) is 13.1 Å². The van der Waals surface area contributed by atoms with Gasteiger partial charge in [-0.1, -0.05) is 5.21 Å². The number of hydrogen-bond donors (Lipinski definition) is 1. The molecule has 0 radical (unpaired) electrons. The number of rotatable bonds is 2. The normalized spacial score (nSPS) is 15.7. The van der Waals surface area contributed by atoms with E-state index in [0.29, 0.717) is 24.3 Å². The standard InChI is InChI=1S/C20H25BrN6O3/c1-12-17(13-9-16(28)18-15(21)10-22-26(18)11-13)23-24-27(12)14-5-7-25(8-6-14)19(29)30-20(2,3)4/h9-11,14,28H,5-8H2,1-4H3. The first-order chi connectivity index (χ1) is 14.1. The van der Waals surface area contributed by atoms with Gasteiger partial charge in [0, 0.05) is 24.8 Å². The third-order valence-electron chi connectivity index (χ3n) is 5.21. The van der Waals surface area contributed by atoms with Crippen molar-refractivity contribution in [1.82, 2.24) is 29.5 Å². The quantitative estimate of drug-likeness (QED) is 0.601. The summed E-state index contributed by atoms with van der Waals surface area (Å²) in [7, 11) is 0. The van der Waals surface area contributed by atoms with Crippen LogP contribution in [0.15, 0.2) is 22.9 Å². The molecule has 0 aliphatic carbocycles. The van der Waals surface area contributed by atoms with E-state index in [4.69, 9.17) is 4.74 Å². The first-order valence-corrected chi connectivity index (χ1v) is 10.7. The van der Waals surface area contributed by atoms with Crippen LogP contribution in [0.4, 0.5) is 4.79 Å². The SMILES string of the molecule is Cc1c(-c2cc(O)c3c(Br)cnn3c2)nnn1C1CCN(C(=O)OC(C)(C)C)CC1. The van der Waals surface area contributed by atoms with Gasteiger partial charge in [0.1, 0.15) is 22.6 Å². The minimum absolute atomic E-state index is 0.122. The molecule has 9 nitrogen and oxygen atoms in total. The minimum Gasteiger partial charge on any atom is -0.506 e. The van der Waals surface area contributed by atoms with Gasteiger partial charge in [-0.2, -0.15) is 5.10 Å². The Bertz CT molecular complexity index is 1090. The fourth-order valence-corrected chi connectivity index (χ4v) is 4.24. The largest absolute Gasteiger partial charge is 0.506 e. The number of pyridine rings is 1. The first kappa shape index (κ1) is 20.6. The van der Waals surface area contributed by atoms with Gasteiger partial charge in [0.2, 0.25) is 0 Å². The van der Waals surface area contributed by atoms with E-state index in [2.05, 4.69) is 31.3 Å². The smallest absolute Gasteiger partial charge is 0.410 e. The number of carbonyl (C=O) groups is 1. The van der Waals surface area contributed by atoms with E-state index in [9.17, 15) is 9.90 Å². The third kappa shape index (κ3) is 3.88. The van der Waals surface area contributed by atoms with Crippen LogP contribution in [0.1, 0.15) is 45.3 Å². The van der Waals surface area contributed by atoms with Crippen molar-refractivity contribution < 1.29 is 14.6 Å². The minimum atomic E-state index is -0.498. The molecule has 0 saturated carbocycles. The maximum Gasteiger partial charge on any atom is 0.410 e. The summed E-state index contributed by atoms with van der Waals surface area (Å²) in [6.45, 7) is 8.81. The van der Waals surface area contributed by atoms with Gasteiger partial charge >= 0.3 is 6.09 Å². The number of carbonyl (C=O) groups excluding carboxylic acids is 1. The Labute approximate surface area is 182 Å². The third-order valence-corrected chi connectivity index (χ3v) is 5.79. The summed E-state index contributed by atoms with van der Waals surface area (Å²) >= 11 is 3.39. The molecule has 4 rings (SSSR count). The summed E-state index contributed by atoms with van der Waals surface area (Å²) in [5.41, 5.74) is 2.47. The van der Waals surface area contributed by atoms with Crippen molar-refractivity contribution in [2.45, 2.75) is 52.2 Å². The molecular formula is C20H25BrN6O3. The molecule has 0 bridgehead atoms. The molecule has 10 heteroatoms. The van der Waals surface area contributed by atoms with E-state index < -0.39 is 5.60 Å². The van der Waals surface area contributed by atoms with Gasteiger partial charge in [0.25, 0.3) is 0 Å². The van der Waals surface area contributed by atoms with Crippen molar-refractivity contribution in [1.29, 1.82) is 0 Å². The topological polar surface area (TPSA) is 97.8 Å². The van der Waals surface area contributed by atoms with Crippen LogP contribution in [-0.2, 0) is 4.74 Å². The maximum absolute atomic E-state index is 12.3. The Morgan fingerprint density at radius 3 is 2.67 bits per heavy atom. The molecule has 0 spiro atoms. The van der Waals surface area contributed by atoms with Crippen molar-refractivity contribution in [2.24, 2.45) is 0 Å². The second-order valence-corrected chi connectivity index (χ2v) is 9.42. The second-order valence-electron chi connectivity index (χ2n) is 8.57. The van der Waals surface area contributed by atoms with Crippen LogP contribution in [0, 0.1) is 6.92 Å². The highest BCUT2D eigenvalue weighted by molar-refractivity contribution is 9.10. The number of ether oxygens (including phenoxy) is 1. The predicted molar refractivity (Wildman–Crippen MR) is 114 cm³/mol. The molecule has 30 heavy (non-hydrogen) atoms. The molecule has 1 aliphatic heterocycles. The van der Waals surface area contributed by atoms with Crippen LogP contribution in [0.3, 0.4) is 0 Å². The highest BCUT2D eigenvalue weighted by atomic mass is 79.9. The van der Waals surface area contributed by atoms with E-state index in [1.165, 1.54) is 0 Å². The van der Waals surface area contributed by atoms with Crippen LogP contribution in [-0.4, -0.2) is 59.4 Å². The summed E-state index contributed by atoms with van der Waals surface area (Å²) in [5.74, 6) is 0.122. The Morgan fingerprint density at radius 2 is 2.00 bits per heavy atom. The van der Waals surface area contributed by atoms with E-state index >= 15 is 0 Å². The number of aromatic nitrogens is 5. The number of amides is 1. The molecular weight excluding hydrogens is 452 g/mol. The van der Waals surface area contributed by atoms with Crippen LogP contribution < -0.4 is 0 Å². The summed E-state index contributed by atoms with van der Waals surface area (Å²) in [6, 6.07) is 1.83. The number of nitrogens with zero attached hydrogens (tertiary/aromatic N) is 6. The molecule has 1 fully saturated rings. The van der Waals surface area contributed by atoms with Crippen molar-refractivity contribution in [3.05, 3.63) is 28.6 Å². The lowest BCUT2D eigenvalue weighted by Crippen LogP contribution is -2.42. The van der Waals surface area contributed by atoms with Gasteiger partial charge in [-0.3, -0.25) is 0 Å². The van der Waals surface area contributed by atoms with Gasteiger partial charge in [-0.05, 0) is 62.5 Å². The summed E-state index contributed by atoms with van der Waals surface area (Å²) < 4.78 is 9.73. The summed E-state index contributed by atoms with van der Waals surface area (Å²) in [6.07, 6.45) is 4.75. The Balaban J connectivity index is 1.51. The Morgan fingerprint density at radius 1 is 1.30 bits per heavy atom. The molecule has 4 heterocycles. The van der Waals surface area contributed by atoms with Crippen LogP contribution in [0.2, 0.25) is 0 Å². The number of piperidine rings is 1. The highest BCUT2D eigenvalue weighted by Gasteiger charge is 2.29. The molecule has 1 amide bonds. The molecule has 3 aromatic rings. The second kappa shape index (κ2) is 7.57. The lowest BCUT2D eigenvalue weighted by Gasteiger charge is -2.33. The number of fused-ring (bicyclic) bond motifs is 1. The van der Waals surface area contributed by atoms with Crippen molar-refractivity contribution in [3.63, 3.8) is 0 Å². The molecule has 0 atom stereocenters. The Hall–Kier alpha value is -2.62. The Kier molecular flexibility index (Phi) is 5.21. The molecule has 1 N–H and O–H groups in total. The predicted octanol–water partition coefficient (Wildman–Crippen LogP) is 3.94. The number of hydrogen-bond acceptors (Lipinski definition) is 6. The van der Waals surface area contributed by atoms with Gasteiger partial charge < -0.3 is 14.7 Å². The zero-order valence-electron chi connectivity index (χ0n) is 17.5. The average molecular weight is 477 g/mol. The van der Waals surface area contributed by atoms with Crippen molar-refractivity contribution >= 4 is 27.5 Å². The fourth-order valence-electron chi connectivity index (χ4n) is 3.77. The number of halogens is 1. The molecule has 0 aromatic carbocycles. The van der Waals surface area contributed by atoms with Gasteiger partial charge in [0.05, 0.1) is 22.4 Å². The number of likely N-dealkylation sites (tertiary alicyclic amines) is 1. The van der Waals surface area contributed by atoms with Crippen LogP contribution in [0.25, 0.3) is 16.8 Å². The van der Waals surface area contributed by atoms with Gasteiger partial charge in [-0.15, -0.1) is 5.10 Å². The lowest BCUT2D eigenvalue weighted by molar-refractivity contribution is 0.0184. The van der Waals surface area contributed by atoms with E-state index in [1.54, 1.807) is 21.7 Å². The summed E-state index contributed by atoms with van der Waals surface area (Å²) in [5, 5.41) is 23.4. The zero-order valence-corrected chi connectivity index (χ0v) is 19.0. The van der Waals surface area contributed by atoms with Gasteiger partial charge in [0.15, 0.2) is 0 Å². The first-order valence-electron chi connectivity index (χ1n) is 9.90. The lowest BCUT2D eigenvalue weighted by atomic mass is 10.0. The average Bonchev–Trinajstić information content (AvgIpc) is 3.23. The monoisotopic (exact) mass is 476 g/mol. The van der Waals surface area contributed by atoms with E-state index in [0.717, 1.165) is 28.6 Å². The molecule has 0 unspecified atom stereocenters. The zero-order chi connectivity index (χ0) is 21.6. The maximum atomic E-state index is 12.3. The van der Waals surface area contributed by atoms with Crippen LogP contribution in [0.5, 0.6) is 5.75 Å². The van der Waals surface area contributed by atoms with Crippen LogP contribution >= 0.6 is 15.9 Å². The highest BCUT2D eigenvalue weighted by Crippen LogP contribution is 2.33. The summed E-state index contributed by atoms with van der Waals surface area (Å²) in [4.78, 5) is 14.0. The van der Waals surface area contributed by atoms with E-state index in [-0.39, 0.29) is 17.9 Å². The fraction of sp³-hybridized carbons (Fsp3) is 0.500. The molecule has 3 aromatic heterocycles. The van der Waals surface area contributed by atoms with Gasteiger partial charge in [-0.25, -0.2) is 14.0 Å². The molecule has 160 valence electrons. The van der Waals surface area contributed by atoms with E-state index in [1.807, 2.05) is 38.6 Å². The molecule has 1 saturated heterocycles. The molecule has 1 aliphatic rings.